The molecular weight excluding hydrogens is 220 g/mol. The van der Waals surface area contributed by atoms with Gasteiger partial charge in [0.05, 0.1) is 0 Å². The Morgan fingerprint density at radius 3 is 2.67 bits per heavy atom. The van der Waals surface area contributed by atoms with E-state index in [4.69, 9.17) is 0 Å². The maximum atomic E-state index is 3.47. The first-order valence-corrected chi connectivity index (χ1v) is 7.25. The minimum atomic E-state index is 0.772. The Morgan fingerprint density at radius 1 is 1.33 bits per heavy atom. The van der Waals surface area contributed by atoms with Crippen molar-refractivity contribution in [1.29, 1.82) is 0 Å². The summed E-state index contributed by atoms with van der Waals surface area (Å²) < 4.78 is 0. The molecule has 2 rings (SSSR count). The number of nitrogens with one attached hydrogen (secondary N) is 1. The van der Waals surface area contributed by atoms with E-state index in [9.17, 15) is 0 Å². The fraction of sp³-hybridized carbons (Fsp3) is 0.625. The molecule has 1 aliphatic carbocycles. The zero-order chi connectivity index (χ0) is 13.0. The van der Waals surface area contributed by atoms with Gasteiger partial charge in [-0.25, -0.2) is 0 Å². The van der Waals surface area contributed by atoms with E-state index < -0.39 is 0 Å². The first-order chi connectivity index (χ1) is 8.72. The molecule has 0 radical (unpaired) electrons. The van der Waals surface area contributed by atoms with Crippen molar-refractivity contribution in [3.63, 3.8) is 0 Å². The van der Waals surface area contributed by atoms with E-state index in [0.717, 1.165) is 19.1 Å². The molecule has 0 aromatic heterocycles. The predicted octanol–water partition coefficient (Wildman–Crippen LogP) is 3.48. The zero-order valence-electron chi connectivity index (χ0n) is 12.0. The molecule has 0 bridgehead atoms. The second-order valence-electron chi connectivity index (χ2n) is 5.48. The van der Waals surface area contributed by atoms with Crippen molar-refractivity contribution < 1.29 is 0 Å². The van der Waals surface area contributed by atoms with Crippen LogP contribution in [0.1, 0.15) is 43.7 Å². The molecule has 1 aromatic rings. The number of hydrogen-bond acceptors (Lipinski definition) is 2. The van der Waals surface area contributed by atoms with Crippen LogP contribution < -0.4 is 10.2 Å². The Balaban J connectivity index is 1.99. The summed E-state index contributed by atoms with van der Waals surface area (Å²) in [6.07, 6.45) is 5.30. The largest absolute Gasteiger partial charge is 0.372 e. The molecule has 1 fully saturated rings. The fourth-order valence-corrected chi connectivity index (χ4v) is 2.48. The van der Waals surface area contributed by atoms with E-state index >= 15 is 0 Å². The van der Waals surface area contributed by atoms with Crippen LogP contribution in [0.4, 0.5) is 5.69 Å². The molecule has 0 heterocycles. The molecule has 18 heavy (non-hydrogen) atoms. The van der Waals surface area contributed by atoms with Crippen molar-refractivity contribution in [3.8, 4) is 0 Å². The van der Waals surface area contributed by atoms with Gasteiger partial charge < -0.3 is 10.2 Å². The fourth-order valence-electron chi connectivity index (χ4n) is 2.48. The number of rotatable bonds is 6. The average molecular weight is 246 g/mol. The molecule has 1 N–H and O–H groups in total. The molecular formula is C16H26N2. The van der Waals surface area contributed by atoms with Crippen LogP contribution in [0, 0.1) is 6.92 Å². The molecule has 0 saturated heterocycles. The summed E-state index contributed by atoms with van der Waals surface area (Å²) in [5.41, 5.74) is 4.20. The predicted molar refractivity (Wildman–Crippen MR) is 79.2 cm³/mol. The van der Waals surface area contributed by atoms with Crippen molar-refractivity contribution in [2.45, 2.75) is 52.1 Å². The lowest BCUT2D eigenvalue weighted by molar-refractivity contribution is 0.401. The van der Waals surface area contributed by atoms with Crippen molar-refractivity contribution in [1.82, 2.24) is 5.32 Å². The third-order valence-electron chi connectivity index (χ3n) is 4.10. The van der Waals surface area contributed by atoms with Gasteiger partial charge in [-0.1, -0.05) is 13.0 Å². The highest BCUT2D eigenvalue weighted by molar-refractivity contribution is 5.51. The van der Waals surface area contributed by atoms with Crippen LogP contribution in [0.15, 0.2) is 18.2 Å². The standard InChI is InChI=1S/C16H26N2/c1-4-10-17-12-14-8-9-16(11-13(14)2)18(3)15-6-5-7-15/h8-9,11,15,17H,4-7,10,12H2,1-3H3. The van der Waals surface area contributed by atoms with Gasteiger partial charge in [-0.15, -0.1) is 0 Å². The molecule has 1 aromatic carbocycles. The molecule has 100 valence electrons. The normalized spacial score (nSPS) is 15.5. The molecule has 2 nitrogen and oxygen atoms in total. The Kier molecular flexibility index (Phi) is 4.65. The Labute approximate surface area is 111 Å². The SMILES string of the molecule is CCCNCc1ccc(N(C)C2CCC2)cc1C. The van der Waals surface area contributed by atoms with Crippen LogP contribution >= 0.6 is 0 Å². The van der Waals surface area contributed by atoms with E-state index in [-0.39, 0.29) is 0 Å². The van der Waals surface area contributed by atoms with Gasteiger partial charge in [0.15, 0.2) is 0 Å². The molecule has 2 heteroatoms. The number of anilines is 1. The van der Waals surface area contributed by atoms with Gasteiger partial charge in [-0.2, -0.15) is 0 Å². The van der Waals surface area contributed by atoms with Crippen LogP contribution in [0.2, 0.25) is 0 Å². The third-order valence-corrected chi connectivity index (χ3v) is 4.10. The van der Waals surface area contributed by atoms with Crippen LogP contribution in [0.5, 0.6) is 0 Å². The highest BCUT2D eigenvalue weighted by atomic mass is 15.1. The van der Waals surface area contributed by atoms with Gasteiger partial charge >= 0.3 is 0 Å². The van der Waals surface area contributed by atoms with Crippen molar-refractivity contribution in [2.24, 2.45) is 0 Å². The summed E-state index contributed by atoms with van der Waals surface area (Å²) in [4.78, 5) is 2.44. The van der Waals surface area contributed by atoms with Gasteiger partial charge in [0, 0.05) is 25.3 Å². The lowest BCUT2D eigenvalue weighted by atomic mass is 9.91. The molecule has 1 saturated carbocycles. The van der Waals surface area contributed by atoms with Crippen molar-refractivity contribution in [3.05, 3.63) is 29.3 Å². The number of aryl methyl sites for hydroxylation is 1. The summed E-state index contributed by atoms with van der Waals surface area (Å²) in [7, 11) is 2.23. The lowest BCUT2D eigenvalue weighted by Gasteiger charge is -2.36. The second kappa shape index (κ2) is 6.24. The van der Waals surface area contributed by atoms with Gasteiger partial charge in [-0.3, -0.25) is 0 Å². The van der Waals surface area contributed by atoms with Gasteiger partial charge in [0.1, 0.15) is 0 Å². The van der Waals surface area contributed by atoms with Crippen molar-refractivity contribution >= 4 is 5.69 Å². The van der Waals surface area contributed by atoms with Gasteiger partial charge in [-0.05, 0) is 62.4 Å². The lowest BCUT2D eigenvalue weighted by Crippen LogP contribution is -2.37. The van der Waals surface area contributed by atoms with Crippen LogP contribution in [-0.4, -0.2) is 19.6 Å². The number of hydrogen-bond donors (Lipinski definition) is 1. The summed E-state index contributed by atoms with van der Waals surface area (Å²) in [6.45, 7) is 6.52. The van der Waals surface area contributed by atoms with E-state index in [0.29, 0.717) is 0 Å². The minimum absolute atomic E-state index is 0.772. The van der Waals surface area contributed by atoms with E-state index in [1.54, 1.807) is 0 Å². The first-order valence-electron chi connectivity index (χ1n) is 7.25. The molecule has 0 aliphatic heterocycles. The molecule has 0 amide bonds. The molecule has 0 spiro atoms. The monoisotopic (exact) mass is 246 g/mol. The highest BCUT2D eigenvalue weighted by Gasteiger charge is 2.22. The maximum absolute atomic E-state index is 3.47. The summed E-state index contributed by atoms with van der Waals surface area (Å²) in [5, 5.41) is 3.47. The van der Waals surface area contributed by atoms with Crippen LogP contribution in [0.3, 0.4) is 0 Å². The molecule has 0 atom stereocenters. The summed E-state index contributed by atoms with van der Waals surface area (Å²) >= 11 is 0. The van der Waals surface area contributed by atoms with Gasteiger partial charge in [0.2, 0.25) is 0 Å². The smallest absolute Gasteiger partial charge is 0.0368 e. The Hall–Kier alpha value is -1.02. The van der Waals surface area contributed by atoms with E-state index in [2.05, 4.69) is 49.3 Å². The Morgan fingerprint density at radius 2 is 2.11 bits per heavy atom. The first kappa shape index (κ1) is 13.4. The molecule has 1 aliphatic rings. The quantitative estimate of drug-likeness (QED) is 0.773. The van der Waals surface area contributed by atoms with E-state index in [1.807, 2.05) is 0 Å². The van der Waals surface area contributed by atoms with Gasteiger partial charge in [0.25, 0.3) is 0 Å². The summed E-state index contributed by atoms with van der Waals surface area (Å²) in [6, 6.07) is 7.66. The topological polar surface area (TPSA) is 15.3 Å². The minimum Gasteiger partial charge on any atom is -0.372 e. The van der Waals surface area contributed by atoms with E-state index in [1.165, 1.54) is 42.5 Å². The second-order valence-corrected chi connectivity index (χ2v) is 5.48. The summed E-state index contributed by atoms with van der Waals surface area (Å²) in [5.74, 6) is 0. The number of benzene rings is 1. The third kappa shape index (κ3) is 3.05. The Bertz CT molecular complexity index is 383. The zero-order valence-corrected chi connectivity index (χ0v) is 12.0. The van der Waals surface area contributed by atoms with Crippen molar-refractivity contribution in [2.75, 3.05) is 18.5 Å². The average Bonchev–Trinajstić information content (AvgIpc) is 2.29. The highest BCUT2D eigenvalue weighted by Crippen LogP contribution is 2.29. The van der Waals surface area contributed by atoms with Crippen LogP contribution in [-0.2, 0) is 6.54 Å². The maximum Gasteiger partial charge on any atom is 0.0368 e. The molecule has 0 unspecified atom stereocenters. The number of nitrogens with zero attached hydrogens (tertiary/aromatic N) is 1. The van der Waals surface area contributed by atoms with Crippen LogP contribution in [0.25, 0.3) is 0 Å².